The van der Waals surface area contributed by atoms with Gasteiger partial charge in [0, 0.05) is 31.8 Å². The van der Waals surface area contributed by atoms with Crippen LogP contribution in [0.1, 0.15) is 22.0 Å². The number of hydrogen-bond donors (Lipinski definition) is 0. The van der Waals surface area contributed by atoms with E-state index in [0.717, 1.165) is 5.56 Å². The van der Waals surface area contributed by atoms with Crippen LogP contribution in [0.25, 0.3) is 0 Å². The maximum absolute atomic E-state index is 12.2. The molecule has 0 radical (unpaired) electrons. The lowest BCUT2D eigenvalue weighted by molar-refractivity contribution is 0.0763. The molecule has 5 heteroatoms. The molecule has 0 N–H and O–H groups in total. The van der Waals surface area contributed by atoms with E-state index in [-0.39, 0.29) is 5.91 Å². The minimum absolute atomic E-state index is 0.239. The molecule has 1 atom stereocenters. The number of nitrogens with zero attached hydrogens (tertiary/aromatic N) is 4. The van der Waals surface area contributed by atoms with Gasteiger partial charge in [0.15, 0.2) is 0 Å². The molecule has 2 aromatic heterocycles. The van der Waals surface area contributed by atoms with Crippen LogP contribution in [0.3, 0.4) is 0 Å². The Morgan fingerprint density at radius 1 is 1.26 bits per heavy atom. The van der Waals surface area contributed by atoms with E-state index in [1.165, 1.54) is 11.1 Å². The number of rotatable bonds is 3. The minimum atomic E-state index is -0.643. The summed E-state index contributed by atoms with van der Waals surface area (Å²) in [4.78, 5) is 21.4. The minimum Gasteiger partial charge on any atom is -0.322 e. The smallest absolute Gasteiger partial charge is 0.256 e. The van der Waals surface area contributed by atoms with E-state index in [9.17, 15) is 10.1 Å². The summed E-state index contributed by atoms with van der Waals surface area (Å²) in [7, 11) is 1.60. The van der Waals surface area contributed by atoms with Crippen molar-refractivity contribution in [1.29, 1.82) is 5.26 Å². The average Bonchev–Trinajstić information content (AvgIpc) is 2.49. The van der Waals surface area contributed by atoms with Crippen LogP contribution >= 0.6 is 0 Å². The summed E-state index contributed by atoms with van der Waals surface area (Å²) < 4.78 is 0. The van der Waals surface area contributed by atoms with Crippen LogP contribution in [-0.4, -0.2) is 27.8 Å². The molecule has 0 bridgehead atoms. The molecule has 0 aliphatic heterocycles. The predicted octanol–water partition coefficient (Wildman–Crippen LogP) is 1.81. The first-order chi connectivity index (χ1) is 9.24. The third-order valence-electron chi connectivity index (χ3n) is 2.76. The number of carbonyl (C=O) groups excluding carboxylic acids is 1. The summed E-state index contributed by atoms with van der Waals surface area (Å²) in [6, 6.07) is 8.29. The first kappa shape index (κ1) is 12.7. The van der Waals surface area contributed by atoms with Crippen LogP contribution in [0.15, 0.2) is 49.1 Å². The fourth-order valence-corrected chi connectivity index (χ4v) is 1.74. The van der Waals surface area contributed by atoms with Gasteiger partial charge in [0.25, 0.3) is 5.91 Å². The second kappa shape index (κ2) is 5.74. The summed E-state index contributed by atoms with van der Waals surface area (Å²) >= 11 is 0. The lowest BCUT2D eigenvalue weighted by atomic mass is 10.1. The van der Waals surface area contributed by atoms with Gasteiger partial charge in [-0.2, -0.15) is 5.26 Å². The molecule has 2 heterocycles. The van der Waals surface area contributed by atoms with Crippen molar-refractivity contribution in [3.63, 3.8) is 0 Å². The lowest BCUT2D eigenvalue weighted by Crippen LogP contribution is -2.30. The van der Waals surface area contributed by atoms with Crippen LogP contribution < -0.4 is 0 Å². The zero-order valence-corrected chi connectivity index (χ0v) is 10.4. The fraction of sp³-hybridized carbons (Fsp3) is 0.143. The summed E-state index contributed by atoms with van der Waals surface area (Å²) in [6.45, 7) is 0. The van der Waals surface area contributed by atoms with Crippen LogP contribution in [0.4, 0.5) is 0 Å². The Morgan fingerprint density at radius 3 is 2.58 bits per heavy atom. The van der Waals surface area contributed by atoms with Crippen LogP contribution in [0.5, 0.6) is 0 Å². The highest BCUT2D eigenvalue weighted by molar-refractivity contribution is 5.94. The topological polar surface area (TPSA) is 69.9 Å². The SMILES string of the molecule is CN(C(=O)c1cccnc1)C(C#N)c1ccncc1. The zero-order chi connectivity index (χ0) is 13.7. The molecule has 1 amide bonds. The molecule has 94 valence electrons. The summed E-state index contributed by atoms with van der Waals surface area (Å²) in [6.07, 6.45) is 6.28. The monoisotopic (exact) mass is 252 g/mol. The van der Waals surface area contributed by atoms with Crippen molar-refractivity contribution in [1.82, 2.24) is 14.9 Å². The fourth-order valence-electron chi connectivity index (χ4n) is 1.74. The molecule has 0 fully saturated rings. The van der Waals surface area contributed by atoms with Crippen molar-refractivity contribution in [2.45, 2.75) is 6.04 Å². The van der Waals surface area contributed by atoms with Gasteiger partial charge in [0.05, 0.1) is 11.6 Å². The Hall–Kier alpha value is -2.74. The largest absolute Gasteiger partial charge is 0.322 e. The van der Waals surface area contributed by atoms with Crippen molar-refractivity contribution in [2.75, 3.05) is 7.05 Å². The van der Waals surface area contributed by atoms with E-state index < -0.39 is 6.04 Å². The second-order valence-corrected chi connectivity index (χ2v) is 3.97. The zero-order valence-electron chi connectivity index (χ0n) is 10.4. The molecule has 0 aliphatic carbocycles. The van der Waals surface area contributed by atoms with Gasteiger partial charge in [-0.25, -0.2) is 0 Å². The van der Waals surface area contributed by atoms with Gasteiger partial charge >= 0.3 is 0 Å². The third-order valence-corrected chi connectivity index (χ3v) is 2.76. The Bertz CT molecular complexity index is 592. The Morgan fingerprint density at radius 2 is 2.00 bits per heavy atom. The van der Waals surface area contributed by atoms with Crippen molar-refractivity contribution in [3.05, 3.63) is 60.2 Å². The highest BCUT2D eigenvalue weighted by atomic mass is 16.2. The molecule has 0 aromatic carbocycles. The molecule has 19 heavy (non-hydrogen) atoms. The van der Waals surface area contributed by atoms with Gasteiger partial charge in [0.2, 0.25) is 0 Å². The Kier molecular flexibility index (Phi) is 3.84. The van der Waals surface area contributed by atoms with Gasteiger partial charge < -0.3 is 4.90 Å². The van der Waals surface area contributed by atoms with Crippen molar-refractivity contribution in [2.24, 2.45) is 0 Å². The van der Waals surface area contributed by atoms with Gasteiger partial charge in [0.1, 0.15) is 6.04 Å². The maximum Gasteiger partial charge on any atom is 0.256 e. The second-order valence-electron chi connectivity index (χ2n) is 3.97. The molecular weight excluding hydrogens is 240 g/mol. The van der Waals surface area contributed by atoms with Crippen molar-refractivity contribution < 1.29 is 4.79 Å². The van der Waals surface area contributed by atoms with Gasteiger partial charge in [-0.05, 0) is 29.8 Å². The van der Waals surface area contributed by atoms with Gasteiger partial charge in [-0.3, -0.25) is 14.8 Å². The molecule has 0 saturated heterocycles. The van der Waals surface area contributed by atoms with E-state index in [1.54, 1.807) is 49.9 Å². The summed E-state index contributed by atoms with van der Waals surface area (Å²) in [5.74, 6) is -0.239. The standard InChI is InChI=1S/C14H12N4O/c1-18(14(19)12-3-2-6-17-10-12)13(9-15)11-4-7-16-8-5-11/h2-8,10,13H,1H3. The average molecular weight is 252 g/mol. The first-order valence-corrected chi connectivity index (χ1v) is 5.70. The van der Waals surface area contributed by atoms with E-state index in [4.69, 9.17) is 0 Å². The summed E-state index contributed by atoms with van der Waals surface area (Å²) in [5, 5.41) is 9.27. The first-order valence-electron chi connectivity index (χ1n) is 5.70. The van der Waals surface area contributed by atoms with Gasteiger partial charge in [-0.1, -0.05) is 0 Å². The van der Waals surface area contributed by atoms with E-state index in [0.29, 0.717) is 5.56 Å². The molecule has 1 unspecified atom stereocenters. The normalized spacial score (nSPS) is 11.4. The highest BCUT2D eigenvalue weighted by Gasteiger charge is 2.22. The van der Waals surface area contributed by atoms with Crippen LogP contribution in [0, 0.1) is 11.3 Å². The molecule has 0 saturated carbocycles. The van der Waals surface area contributed by atoms with E-state index in [1.807, 2.05) is 0 Å². The number of pyridine rings is 2. The van der Waals surface area contributed by atoms with Crippen LogP contribution in [0.2, 0.25) is 0 Å². The summed E-state index contributed by atoms with van der Waals surface area (Å²) in [5.41, 5.74) is 1.19. The molecule has 2 rings (SSSR count). The number of aromatic nitrogens is 2. The highest BCUT2D eigenvalue weighted by Crippen LogP contribution is 2.19. The number of amides is 1. The number of carbonyl (C=O) groups is 1. The van der Waals surface area contributed by atoms with Gasteiger partial charge in [-0.15, -0.1) is 0 Å². The molecule has 0 aliphatic rings. The molecular formula is C14H12N4O. The number of nitriles is 1. The predicted molar refractivity (Wildman–Crippen MR) is 68.9 cm³/mol. The van der Waals surface area contributed by atoms with E-state index >= 15 is 0 Å². The van der Waals surface area contributed by atoms with E-state index in [2.05, 4.69) is 16.0 Å². The quantitative estimate of drug-likeness (QED) is 0.835. The third kappa shape index (κ3) is 2.75. The van der Waals surface area contributed by atoms with Crippen molar-refractivity contribution in [3.8, 4) is 6.07 Å². The van der Waals surface area contributed by atoms with Crippen molar-refractivity contribution >= 4 is 5.91 Å². The molecule has 0 spiro atoms. The molecule has 2 aromatic rings. The number of hydrogen-bond acceptors (Lipinski definition) is 4. The maximum atomic E-state index is 12.2. The Balaban J connectivity index is 2.26. The molecule has 5 nitrogen and oxygen atoms in total. The Labute approximate surface area is 111 Å². The van der Waals surface area contributed by atoms with Crippen LogP contribution in [-0.2, 0) is 0 Å². The lowest BCUT2D eigenvalue weighted by Gasteiger charge is -2.22.